The lowest BCUT2D eigenvalue weighted by Crippen LogP contribution is -2.49. The SMILES string of the molecule is COCC(N)C(=O)NCC1(C2CC2)CCC1. The molecule has 0 aromatic carbocycles. The summed E-state index contributed by atoms with van der Waals surface area (Å²) in [6.07, 6.45) is 6.56. The Morgan fingerprint density at radius 2 is 2.25 bits per heavy atom. The number of rotatable bonds is 6. The molecule has 2 rings (SSSR count). The molecule has 2 aliphatic carbocycles. The fourth-order valence-electron chi connectivity index (χ4n) is 2.71. The first kappa shape index (κ1) is 11.9. The van der Waals surface area contributed by atoms with Crippen LogP contribution in [0.5, 0.6) is 0 Å². The van der Waals surface area contributed by atoms with Gasteiger partial charge in [0.1, 0.15) is 6.04 Å². The predicted molar refractivity (Wildman–Crippen MR) is 61.9 cm³/mol. The van der Waals surface area contributed by atoms with E-state index < -0.39 is 6.04 Å². The summed E-state index contributed by atoms with van der Waals surface area (Å²) in [7, 11) is 1.56. The molecule has 2 fully saturated rings. The summed E-state index contributed by atoms with van der Waals surface area (Å²) in [5.41, 5.74) is 6.09. The number of nitrogens with two attached hydrogens (primary N) is 1. The average molecular weight is 226 g/mol. The second-order valence-electron chi connectivity index (χ2n) is 5.27. The van der Waals surface area contributed by atoms with Gasteiger partial charge in [0.15, 0.2) is 0 Å². The van der Waals surface area contributed by atoms with Gasteiger partial charge in [0, 0.05) is 13.7 Å². The van der Waals surface area contributed by atoms with Crippen LogP contribution in [-0.4, -0.2) is 32.2 Å². The van der Waals surface area contributed by atoms with E-state index in [0.717, 1.165) is 12.5 Å². The summed E-state index contributed by atoms with van der Waals surface area (Å²) < 4.78 is 4.87. The lowest BCUT2D eigenvalue weighted by molar-refractivity contribution is -0.124. The molecule has 3 N–H and O–H groups in total. The smallest absolute Gasteiger partial charge is 0.239 e. The zero-order chi connectivity index (χ0) is 11.6. The molecule has 0 aliphatic heterocycles. The highest BCUT2D eigenvalue weighted by molar-refractivity contribution is 5.81. The van der Waals surface area contributed by atoms with Crippen molar-refractivity contribution in [3.63, 3.8) is 0 Å². The minimum Gasteiger partial charge on any atom is -0.383 e. The van der Waals surface area contributed by atoms with Crippen LogP contribution in [0.15, 0.2) is 0 Å². The molecule has 2 aliphatic rings. The van der Waals surface area contributed by atoms with Crippen molar-refractivity contribution in [2.24, 2.45) is 17.1 Å². The molecule has 4 heteroatoms. The number of hydrogen-bond donors (Lipinski definition) is 2. The molecule has 0 spiro atoms. The molecular formula is C12H22N2O2. The monoisotopic (exact) mass is 226 g/mol. The Bertz CT molecular complexity index is 260. The first-order chi connectivity index (χ1) is 7.68. The van der Waals surface area contributed by atoms with Crippen LogP contribution in [0.25, 0.3) is 0 Å². The summed E-state index contributed by atoms with van der Waals surface area (Å²) >= 11 is 0. The van der Waals surface area contributed by atoms with Crippen molar-refractivity contribution in [3.8, 4) is 0 Å². The minimum atomic E-state index is -0.527. The lowest BCUT2D eigenvalue weighted by Gasteiger charge is -2.42. The van der Waals surface area contributed by atoms with Crippen LogP contribution < -0.4 is 11.1 Å². The summed E-state index contributed by atoms with van der Waals surface area (Å²) in [4.78, 5) is 11.6. The summed E-state index contributed by atoms with van der Waals surface area (Å²) in [6.45, 7) is 1.11. The second-order valence-corrected chi connectivity index (χ2v) is 5.27. The fraction of sp³-hybridized carbons (Fsp3) is 0.917. The van der Waals surface area contributed by atoms with Gasteiger partial charge in [0.2, 0.25) is 5.91 Å². The van der Waals surface area contributed by atoms with Crippen molar-refractivity contribution in [2.75, 3.05) is 20.3 Å². The van der Waals surface area contributed by atoms with Gasteiger partial charge in [-0.15, -0.1) is 0 Å². The molecule has 2 saturated carbocycles. The zero-order valence-corrected chi connectivity index (χ0v) is 10.00. The van der Waals surface area contributed by atoms with E-state index >= 15 is 0 Å². The van der Waals surface area contributed by atoms with Crippen molar-refractivity contribution in [3.05, 3.63) is 0 Å². The Labute approximate surface area is 96.9 Å². The minimum absolute atomic E-state index is 0.0752. The van der Waals surface area contributed by atoms with Gasteiger partial charge in [-0.2, -0.15) is 0 Å². The Balaban J connectivity index is 1.75. The molecule has 92 valence electrons. The molecule has 0 aromatic rings. The number of ether oxygens (including phenoxy) is 1. The third-order valence-corrected chi connectivity index (χ3v) is 4.09. The maximum absolute atomic E-state index is 11.6. The standard InChI is InChI=1S/C12H22N2O2/c1-16-7-10(13)11(15)14-8-12(5-2-6-12)9-3-4-9/h9-10H,2-8,13H2,1H3,(H,14,15). The van der Waals surface area contributed by atoms with Crippen molar-refractivity contribution in [1.29, 1.82) is 0 Å². The van der Waals surface area contributed by atoms with Gasteiger partial charge in [0.05, 0.1) is 6.61 Å². The van der Waals surface area contributed by atoms with Crippen LogP contribution in [0.1, 0.15) is 32.1 Å². The van der Waals surface area contributed by atoms with Crippen LogP contribution in [0.2, 0.25) is 0 Å². The first-order valence-electron chi connectivity index (χ1n) is 6.20. The average Bonchev–Trinajstić information content (AvgIpc) is 3.00. The third kappa shape index (κ3) is 2.38. The van der Waals surface area contributed by atoms with Gasteiger partial charge in [-0.3, -0.25) is 4.79 Å². The molecule has 0 saturated heterocycles. The molecular weight excluding hydrogens is 204 g/mol. The highest BCUT2D eigenvalue weighted by atomic mass is 16.5. The third-order valence-electron chi connectivity index (χ3n) is 4.09. The van der Waals surface area contributed by atoms with Crippen LogP contribution >= 0.6 is 0 Å². The largest absolute Gasteiger partial charge is 0.383 e. The molecule has 0 bridgehead atoms. The van der Waals surface area contributed by atoms with Gasteiger partial charge in [-0.1, -0.05) is 6.42 Å². The van der Waals surface area contributed by atoms with Crippen molar-refractivity contribution in [1.82, 2.24) is 5.32 Å². The molecule has 4 nitrogen and oxygen atoms in total. The van der Waals surface area contributed by atoms with E-state index in [0.29, 0.717) is 12.0 Å². The van der Waals surface area contributed by atoms with Gasteiger partial charge in [-0.25, -0.2) is 0 Å². The van der Waals surface area contributed by atoms with E-state index in [1.54, 1.807) is 7.11 Å². The van der Waals surface area contributed by atoms with Gasteiger partial charge in [-0.05, 0) is 37.0 Å². The van der Waals surface area contributed by atoms with Crippen LogP contribution in [0.3, 0.4) is 0 Å². The van der Waals surface area contributed by atoms with Gasteiger partial charge in [0.25, 0.3) is 0 Å². The molecule has 0 radical (unpaired) electrons. The van der Waals surface area contributed by atoms with Gasteiger partial charge >= 0.3 is 0 Å². The Morgan fingerprint density at radius 3 is 2.69 bits per heavy atom. The first-order valence-corrected chi connectivity index (χ1v) is 6.20. The maximum Gasteiger partial charge on any atom is 0.239 e. The molecule has 16 heavy (non-hydrogen) atoms. The molecule has 0 aromatic heterocycles. The zero-order valence-electron chi connectivity index (χ0n) is 10.00. The molecule has 0 heterocycles. The van der Waals surface area contributed by atoms with Crippen molar-refractivity contribution in [2.45, 2.75) is 38.1 Å². The second kappa shape index (κ2) is 4.72. The quantitative estimate of drug-likeness (QED) is 0.699. The van der Waals surface area contributed by atoms with Crippen molar-refractivity contribution >= 4 is 5.91 Å². The topological polar surface area (TPSA) is 64.3 Å². The summed E-state index contributed by atoms with van der Waals surface area (Å²) in [5, 5.41) is 2.99. The van der Waals surface area contributed by atoms with E-state index in [2.05, 4.69) is 5.32 Å². The van der Waals surface area contributed by atoms with E-state index in [9.17, 15) is 4.79 Å². The number of hydrogen-bond acceptors (Lipinski definition) is 3. The number of carbonyl (C=O) groups excluding carboxylic acids is 1. The normalized spacial score (nSPS) is 24.6. The molecule has 1 atom stereocenters. The number of amides is 1. The Kier molecular flexibility index (Phi) is 3.50. The number of carbonyl (C=O) groups is 1. The van der Waals surface area contributed by atoms with Crippen LogP contribution in [0, 0.1) is 11.3 Å². The van der Waals surface area contributed by atoms with E-state index in [-0.39, 0.29) is 5.91 Å². The Hall–Kier alpha value is -0.610. The lowest BCUT2D eigenvalue weighted by atomic mass is 9.65. The van der Waals surface area contributed by atoms with Crippen LogP contribution in [-0.2, 0) is 9.53 Å². The number of nitrogens with one attached hydrogen (secondary N) is 1. The highest BCUT2D eigenvalue weighted by Crippen LogP contribution is 2.56. The van der Waals surface area contributed by atoms with E-state index in [4.69, 9.17) is 10.5 Å². The summed E-state index contributed by atoms with van der Waals surface area (Å²) in [5.74, 6) is 0.786. The van der Waals surface area contributed by atoms with Crippen molar-refractivity contribution < 1.29 is 9.53 Å². The molecule has 1 unspecified atom stereocenters. The maximum atomic E-state index is 11.6. The van der Waals surface area contributed by atoms with E-state index in [1.807, 2.05) is 0 Å². The predicted octanol–water partition coefficient (Wildman–Crippen LogP) is 0.657. The van der Waals surface area contributed by atoms with Gasteiger partial charge < -0.3 is 15.8 Å². The summed E-state index contributed by atoms with van der Waals surface area (Å²) in [6, 6.07) is -0.527. The molecule has 1 amide bonds. The highest BCUT2D eigenvalue weighted by Gasteiger charge is 2.48. The number of methoxy groups -OCH3 is 1. The Morgan fingerprint density at radius 1 is 1.56 bits per heavy atom. The van der Waals surface area contributed by atoms with E-state index in [1.165, 1.54) is 32.1 Å². The van der Waals surface area contributed by atoms with Crippen LogP contribution in [0.4, 0.5) is 0 Å². The fourth-order valence-corrected chi connectivity index (χ4v) is 2.71.